The monoisotopic (exact) mass is 277 g/mol. The summed E-state index contributed by atoms with van der Waals surface area (Å²) in [6, 6.07) is 17.4. The van der Waals surface area contributed by atoms with Crippen molar-refractivity contribution in [3.63, 3.8) is 0 Å². The predicted molar refractivity (Wildman–Crippen MR) is 85.8 cm³/mol. The molecule has 0 unspecified atom stereocenters. The summed E-state index contributed by atoms with van der Waals surface area (Å²) in [6.07, 6.45) is 5.81. The summed E-state index contributed by atoms with van der Waals surface area (Å²) in [4.78, 5) is 0. The summed E-state index contributed by atoms with van der Waals surface area (Å²) in [5.74, 6) is 2.01. The van der Waals surface area contributed by atoms with Crippen molar-refractivity contribution in [2.45, 2.75) is 18.4 Å². The van der Waals surface area contributed by atoms with Crippen LogP contribution < -0.4 is 10.1 Å². The summed E-state index contributed by atoms with van der Waals surface area (Å²) in [5.41, 5.74) is 3.87. The van der Waals surface area contributed by atoms with E-state index in [1.807, 2.05) is 6.07 Å². The van der Waals surface area contributed by atoms with E-state index >= 15 is 0 Å². The number of hydrogen-bond donors (Lipinski definition) is 1. The van der Waals surface area contributed by atoms with E-state index in [2.05, 4.69) is 59.9 Å². The molecule has 1 heterocycles. The van der Waals surface area contributed by atoms with Gasteiger partial charge in [-0.05, 0) is 29.5 Å². The molecule has 0 amide bonds. The second kappa shape index (κ2) is 4.96. The summed E-state index contributed by atoms with van der Waals surface area (Å²) in [7, 11) is 1.74. The van der Waals surface area contributed by atoms with Crippen molar-refractivity contribution in [3.05, 3.63) is 71.8 Å². The molecule has 0 spiro atoms. The third-order valence-electron chi connectivity index (χ3n) is 4.74. The van der Waals surface area contributed by atoms with Crippen molar-refractivity contribution in [3.8, 4) is 5.75 Å². The van der Waals surface area contributed by atoms with Crippen molar-refractivity contribution >= 4 is 5.69 Å². The zero-order valence-corrected chi connectivity index (χ0v) is 12.1. The van der Waals surface area contributed by atoms with E-state index in [-0.39, 0.29) is 0 Å². The van der Waals surface area contributed by atoms with E-state index < -0.39 is 0 Å². The number of hydrogen-bond acceptors (Lipinski definition) is 2. The molecule has 3 atom stereocenters. The van der Waals surface area contributed by atoms with Gasteiger partial charge in [-0.3, -0.25) is 0 Å². The molecule has 4 rings (SSSR count). The second-order valence-electron chi connectivity index (χ2n) is 5.81. The molecule has 1 aliphatic heterocycles. The Kier molecular flexibility index (Phi) is 2.95. The summed E-state index contributed by atoms with van der Waals surface area (Å²) in [6.45, 7) is 0. The molecule has 0 saturated carbocycles. The standard InChI is InChI=1S/C19H19NO/c1-21-17-12-6-11-16-14-9-5-10-15(14)18(20-19(16)17)13-7-3-2-4-8-13/h2-9,11-12,14-15,18,20H,10H2,1H3/t14-,15-,18+/m0/s1. The van der Waals surface area contributed by atoms with E-state index in [0.29, 0.717) is 17.9 Å². The van der Waals surface area contributed by atoms with Crippen LogP contribution in [-0.2, 0) is 0 Å². The molecule has 106 valence electrons. The number of allylic oxidation sites excluding steroid dienone is 2. The smallest absolute Gasteiger partial charge is 0.142 e. The van der Waals surface area contributed by atoms with Crippen molar-refractivity contribution in [1.29, 1.82) is 0 Å². The van der Waals surface area contributed by atoms with Gasteiger partial charge in [0, 0.05) is 5.92 Å². The van der Waals surface area contributed by atoms with Crippen LogP contribution in [0.3, 0.4) is 0 Å². The van der Waals surface area contributed by atoms with Crippen LogP contribution in [0.15, 0.2) is 60.7 Å². The Morgan fingerprint density at radius 3 is 2.71 bits per heavy atom. The number of fused-ring (bicyclic) bond motifs is 3. The zero-order valence-electron chi connectivity index (χ0n) is 12.1. The largest absolute Gasteiger partial charge is 0.495 e. The van der Waals surface area contributed by atoms with Crippen LogP contribution in [0.4, 0.5) is 5.69 Å². The fourth-order valence-electron chi connectivity index (χ4n) is 3.75. The lowest BCUT2D eigenvalue weighted by Crippen LogP contribution is -2.29. The lowest BCUT2D eigenvalue weighted by atomic mass is 9.77. The molecule has 0 saturated heterocycles. The molecule has 1 N–H and O–H groups in total. The minimum atomic E-state index is 0.343. The molecule has 0 aromatic heterocycles. The highest BCUT2D eigenvalue weighted by Crippen LogP contribution is 2.51. The van der Waals surface area contributed by atoms with Gasteiger partial charge >= 0.3 is 0 Å². The second-order valence-corrected chi connectivity index (χ2v) is 5.81. The Labute approximate surface area is 125 Å². The van der Waals surface area contributed by atoms with E-state index in [0.717, 1.165) is 17.9 Å². The van der Waals surface area contributed by atoms with Crippen molar-refractivity contribution < 1.29 is 4.74 Å². The van der Waals surface area contributed by atoms with Gasteiger partial charge in [-0.2, -0.15) is 0 Å². The molecule has 2 heteroatoms. The lowest BCUT2D eigenvalue weighted by Gasteiger charge is -2.38. The van der Waals surface area contributed by atoms with Gasteiger partial charge in [-0.15, -0.1) is 0 Å². The Morgan fingerprint density at radius 2 is 1.90 bits per heavy atom. The van der Waals surface area contributed by atoms with Gasteiger partial charge in [0.1, 0.15) is 5.75 Å². The Bertz CT molecular complexity index is 677. The van der Waals surface area contributed by atoms with Gasteiger partial charge < -0.3 is 10.1 Å². The molecule has 0 bridgehead atoms. The van der Waals surface area contributed by atoms with Crippen LogP contribution in [0, 0.1) is 5.92 Å². The number of ether oxygens (including phenoxy) is 1. The molecule has 0 fully saturated rings. The van der Waals surface area contributed by atoms with E-state index in [1.165, 1.54) is 11.1 Å². The zero-order chi connectivity index (χ0) is 14.2. The molecule has 21 heavy (non-hydrogen) atoms. The van der Waals surface area contributed by atoms with Crippen LogP contribution >= 0.6 is 0 Å². The third kappa shape index (κ3) is 1.94. The predicted octanol–water partition coefficient (Wildman–Crippen LogP) is 4.52. The number of rotatable bonds is 2. The first-order chi connectivity index (χ1) is 10.4. The maximum atomic E-state index is 5.56. The SMILES string of the molecule is COc1cccc2c1N[C@H](c1ccccc1)[C@H]1CC=C[C@H]21. The van der Waals surface area contributed by atoms with Crippen molar-refractivity contribution in [2.75, 3.05) is 12.4 Å². The summed E-state index contributed by atoms with van der Waals surface area (Å²) in [5, 5.41) is 3.74. The number of benzene rings is 2. The quantitative estimate of drug-likeness (QED) is 0.815. The van der Waals surface area contributed by atoms with Crippen molar-refractivity contribution in [1.82, 2.24) is 0 Å². The maximum Gasteiger partial charge on any atom is 0.142 e. The molecule has 1 aliphatic carbocycles. The minimum Gasteiger partial charge on any atom is -0.495 e. The fourth-order valence-corrected chi connectivity index (χ4v) is 3.75. The van der Waals surface area contributed by atoms with Crippen LogP contribution in [0.25, 0.3) is 0 Å². The molecule has 0 radical (unpaired) electrons. The Balaban J connectivity index is 1.83. The van der Waals surface area contributed by atoms with Crippen LogP contribution in [0.1, 0.15) is 29.5 Å². The average molecular weight is 277 g/mol. The molecule has 2 nitrogen and oxygen atoms in total. The van der Waals surface area contributed by atoms with Gasteiger partial charge in [0.2, 0.25) is 0 Å². The van der Waals surface area contributed by atoms with Crippen LogP contribution in [0.5, 0.6) is 5.75 Å². The Morgan fingerprint density at radius 1 is 1.05 bits per heavy atom. The summed E-state index contributed by atoms with van der Waals surface area (Å²) >= 11 is 0. The molecular formula is C19H19NO. The fraction of sp³-hybridized carbons (Fsp3) is 0.263. The van der Waals surface area contributed by atoms with Gasteiger partial charge in [0.25, 0.3) is 0 Å². The third-order valence-corrected chi connectivity index (χ3v) is 4.74. The lowest BCUT2D eigenvalue weighted by molar-refractivity contribution is 0.397. The number of anilines is 1. The first-order valence-corrected chi connectivity index (χ1v) is 7.53. The summed E-state index contributed by atoms with van der Waals surface area (Å²) < 4.78 is 5.56. The highest BCUT2D eigenvalue weighted by Gasteiger charge is 2.38. The van der Waals surface area contributed by atoms with Crippen LogP contribution in [-0.4, -0.2) is 7.11 Å². The highest BCUT2D eigenvalue weighted by molar-refractivity contribution is 5.67. The van der Waals surface area contributed by atoms with Gasteiger partial charge in [-0.1, -0.05) is 54.6 Å². The van der Waals surface area contributed by atoms with E-state index in [4.69, 9.17) is 4.74 Å². The van der Waals surface area contributed by atoms with Crippen molar-refractivity contribution in [2.24, 2.45) is 5.92 Å². The molecular weight excluding hydrogens is 258 g/mol. The number of para-hydroxylation sites is 1. The topological polar surface area (TPSA) is 21.3 Å². The molecule has 2 aliphatic rings. The molecule has 2 aromatic carbocycles. The Hall–Kier alpha value is -2.22. The first kappa shape index (κ1) is 12.5. The van der Waals surface area contributed by atoms with Gasteiger partial charge in [0.05, 0.1) is 18.8 Å². The van der Waals surface area contributed by atoms with E-state index in [9.17, 15) is 0 Å². The molecule has 2 aromatic rings. The van der Waals surface area contributed by atoms with Crippen LogP contribution in [0.2, 0.25) is 0 Å². The average Bonchev–Trinajstić information content (AvgIpc) is 3.04. The highest BCUT2D eigenvalue weighted by atomic mass is 16.5. The minimum absolute atomic E-state index is 0.343. The normalized spacial score (nSPS) is 25.9. The number of methoxy groups -OCH3 is 1. The van der Waals surface area contributed by atoms with E-state index in [1.54, 1.807) is 7.11 Å². The maximum absolute atomic E-state index is 5.56. The van der Waals surface area contributed by atoms with Gasteiger partial charge in [0.15, 0.2) is 0 Å². The van der Waals surface area contributed by atoms with Gasteiger partial charge in [-0.25, -0.2) is 0 Å². The number of nitrogens with one attached hydrogen (secondary N) is 1. The first-order valence-electron chi connectivity index (χ1n) is 7.53.